The monoisotopic (exact) mass is 430 g/mol. The van der Waals surface area contributed by atoms with Gasteiger partial charge in [-0.05, 0) is 54.6 Å². The Morgan fingerprint density at radius 3 is 1.84 bits per heavy atom. The zero-order valence-electron chi connectivity index (χ0n) is 19.1. The second-order valence-corrected chi connectivity index (χ2v) is 7.36. The molecule has 0 saturated heterocycles. The molecule has 0 unspecified atom stereocenters. The summed E-state index contributed by atoms with van der Waals surface area (Å²) in [4.78, 5) is 0. The van der Waals surface area contributed by atoms with Crippen molar-refractivity contribution in [2.24, 2.45) is 5.92 Å². The van der Waals surface area contributed by atoms with Gasteiger partial charge in [0.25, 0.3) is 0 Å². The Kier molecular flexibility index (Phi) is 12.0. The average molecular weight is 431 g/mol. The lowest BCUT2D eigenvalue weighted by molar-refractivity contribution is 0.224. The molecule has 0 heterocycles. The van der Waals surface area contributed by atoms with E-state index in [0.29, 0.717) is 11.5 Å². The van der Waals surface area contributed by atoms with Gasteiger partial charge in [0.1, 0.15) is 5.83 Å². The van der Waals surface area contributed by atoms with E-state index < -0.39 is 23.2 Å². The zero-order valence-corrected chi connectivity index (χ0v) is 19.1. The van der Waals surface area contributed by atoms with E-state index in [9.17, 15) is 13.2 Å². The number of hydrogen-bond donors (Lipinski definition) is 0. The van der Waals surface area contributed by atoms with Crippen molar-refractivity contribution in [3.63, 3.8) is 0 Å². The van der Waals surface area contributed by atoms with Crippen molar-refractivity contribution in [2.45, 2.75) is 34.1 Å². The molecule has 1 nitrogen and oxygen atoms in total. The SMILES string of the molecule is C=C(/C=C\C(=C)C(=C)/C(F)=C\C(=C)/C(C)=C/CC(C)C)C(=C)/C(F)=C(/F)C(=C)OCC. The average Bonchev–Trinajstić information content (AvgIpc) is 2.72. The van der Waals surface area contributed by atoms with Crippen LogP contribution in [0.4, 0.5) is 13.2 Å². The van der Waals surface area contributed by atoms with Gasteiger partial charge in [0.2, 0.25) is 5.83 Å². The van der Waals surface area contributed by atoms with Crippen LogP contribution in [0, 0.1) is 5.92 Å². The van der Waals surface area contributed by atoms with Crippen LogP contribution in [0.1, 0.15) is 34.1 Å². The molecule has 0 atom stereocenters. The molecule has 0 saturated carbocycles. The fraction of sp³-hybridized carbons (Fsp3) is 0.259. The molecule has 0 aliphatic heterocycles. The maximum Gasteiger partial charge on any atom is 0.200 e. The highest BCUT2D eigenvalue weighted by Crippen LogP contribution is 2.28. The van der Waals surface area contributed by atoms with Crippen LogP contribution in [0.2, 0.25) is 0 Å². The van der Waals surface area contributed by atoms with Gasteiger partial charge in [-0.2, -0.15) is 4.39 Å². The maximum atomic E-state index is 14.5. The lowest BCUT2D eigenvalue weighted by atomic mass is 10.0. The lowest BCUT2D eigenvalue weighted by Gasteiger charge is -2.09. The molecular weight excluding hydrogens is 397 g/mol. The van der Waals surface area contributed by atoms with E-state index in [1.807, 2.05) is 13.0 Å². The standard InChI is InChI=1S/C27H33F3O/c1-11-31-24(10)27(30)26(29)23(9)20(6)15-14-19(5)22(8)25(28)16-21(7)18(4)13-12-17(2)3/h13-17H,5-12H2,1-4H3/b15-14-,18-13+,25-16+,27-26-. The summed E-state index contributed by atoms with van der Waals surface area (Å²) in [5.74, 6) is -3.02. The van der Waals surface area contributed by atoms with Crippen LogP contribution in [0.25, 0.3) is 0 Å². The maximum absolute atomic E-state index is 14.5. The second kappa shape index (κ2) is 13.3. The molecule has 0 bridgehead atoms. The molecule has 0 aliphatic rings. The highest BCUT2D eigenvalue weighted by Gasteiger charge is 2.15. The third kappa shape index (κ3) is 9.56. The van der Waals surface area contributed by atoms with Gasteiger partial charge in [-0.3, -0.25) is 0 Å². The molecule has 0 radical (unpaired) electrons. The van der Waals surface area contributed by atoms with E-state index in [4.69, 9.17) is 4.74 Å². The second-order valence-electron chi connectivity index (χ2n) is 7.36. The van der Waals surface area contributed by atoms with E-state index in [1.165, 1.54) is 18.2 Å². The normalized spacial score (nSPS) is 13.2. The summed E-state index contributed by atoms with van der Waals surface area (Å²) in [6.07, 6.45) is 6.91. The summed E-state index contributed by atoms with van der Waals surface area (Å²) < 4.78 is 47.5. The van der Waals surface area contributed by atoms with Gasteiger partial charge in [0.15, 0.2) is 11.6 Å². The number of allylic oxidation sites excluding steroid dienone is 13. The Morgan fingerprint density at radius 1 is 0.839 bits per heavy atom. The van der Waals surface area contributed by atoms with E-state index in [-0.39, 0.29) is 28.9 Å². The van der Waals surface area contributed by atoms with Crippen LogP contribution in [0.5, 0.6) is 0 Å². The van der Waals surface area contributed by atoms with E-state index in [1.54, 1.807) is 6.92 Å². The number of rotatable bonds is 13. The molecule has 0 aliphatic carbocycles. The number of ether oxygens (including phenoxy) is 1. The van der Waals surface area contributed by atoms with Gasteiger partial charge in [-0.25, -0.2) is 8.78 Å². The summed E-state index contributed by atoms with van der Waals surface area (Å²) in [6, 6.07) is 0. The van der Waals surface area contributed by atoms with Gasteiger partial charge >= 0.3 is 0 Å². The molecule has 0 aromatic heterocycles. The smallest absolute Gasteiger partial charge is 0.200 e. The van der Waals surface area contributed by atoms with Crippen molar-refractivity contribution in [1.82, 2.24) is 0 Å². The van der Waals surface area contributed by atoms with Crippen LogP contribution >= 0.6 is 0 Å². The predicted molar refractivity (Wildman–Crippen MR) is 127 cm³/mol. The van der Waals surface area contributed by atoms with Crippen LogP contribution in [-0.2, 0) is 4.74 Å². The summed E-state index contributed by atoms with van der Waals surface area (Å²) in [7, 11) is 0. The minimum Gasteiger partial charge on any atom is -0.491 e. The first kappa shape index (κ1) is 28.0. The Balaban J connectivity index is 5.27. The lowest BCUT2D eigenvalue weighted by Crippen LogP contribution is -1.95. The van der Waals surface area contributed by atoms with Crippen molar-refractivity contribution < 1.29 is 17.9 Å². The molecule has 31 heavy (non-hydrogen) atoms. The fourth-order valence-electron chi connectivity index (χ4n) is 2.09. The molecule has 0 spiro atoms. The Labute approximate surface area is 185 Å². The van der Waals surface area contributed by atoms with Crippen molar-refractivity contribution in [3.8, 4) is 0 Å². The van der Waals surface area contributed by atoms with Gasteiger partial charge in [0.05, 0.1) is 6.61 Å². The first-order valence-electron chi connectivity index (χ1n) is 9.89. The van der Waals surface area contributed by atoms with Crippen LogP contribution < -0.4 is 0 Å². The first-order chi connectivity index (χ1) is 14.3. The van der Waals surface area contributed by atoms with Gasteiger partial charge in [-0.1, -0.05) is 71.5 Å². The summed E-state index contributed by atoms with van der Waals surface area (Å²) in [5.41, 5.74) is 1.48. The molecule has 0 rings (SSSR count). The molecule has 0 fully saturated rings. The van der Waals surface area contributed by atoms with Crippen LogP contribution in [0.3, 0.4) is 0 Å². The summed E-state index contributed by atoms with van der Waals surface area (Å²) in [6.45, 7) is 29.6. The van der Waals surface area contributed by atoms with E-state index in [0.717, 1.165) is 12.0 Å². The highest BCUT2D eigenvalue weighted by molar-refractivity contribution is 5.54. The highest BCUT2D eigenvalue weighted by atomic mass is 19.2. The van der Waals surface area contributed by atoms with E-state index in [2.05, 4.69) is 53.3 Å². The Bertz CT molecular complexity index is 889. The van der Waals surface area contributed by atoms with Gasteiger partial charge in [0, 0.05) is 11.1 Å². The van der Waals surface area contributed by atoms with Crippen LogP contribution in [-0.4, -0.2) is 6.61 Å². The minimum atomic E-state index is -1.25. The zero-order chi connectivity index (χ0) is 24.3. The van der Waals surface area contributed by atoms with E-state index >= 15 is 0 Å². The third-order valence-corrected chi connectivity index (χ3v) is 4.27. The molecular formula is C27H33F3O. The topological polar surface area (TPSA) is 9.23 Å². The van der Waals surface area contributed by atoms with Gasteiger partial charge < -0.3 is 4.74 Å². The molecule has 0 aromatic carbocycles. The summed E-state index contributed by atoms with van der Waals surface area (Å²) >= 11 is 0. The largest absolute Gasteiger partial charge is 0.491 e. The van der Waals surface area contributed by atoms with Crippen molar-refractivity contribution in [1.29, 1.82) is 0 Å². The predicted octanol–water partition coefficient (Wildman–Crippen LogP) is 8.87. The third-order valence-electron chi connectivity index (χ3n) is 4.27. The van der Waals surface area contributed by atoms with Gasteiger partial charge in [-0.15, -0.1) is 0 Å². The van der Waals surface area contributed by atoms with Crippen LogP contribution in [0.15, 0.2) is 120 Å². The number of halogens is 3. The Hall–Kier alpha value is -3.01. The molecule has 0 amide bonds. The fourth-order valence-corrected chi connectivity index (χ4v) is 2.09. The van der Waals surface area contributed by atoms with Crippen molar-refractivity contribution >= 4 is 0 Å². The number of hydrogen-bond acceptors (Lipinski definition) is 1. The summed E-state index contributed by atoms with van der Waals surface area (Å²) in [5, 5.41) is 0. The molecule has 168 valence electrons. The van der Waals surface area contributed by atoms with Crippen molar-refractivity contribution in [3.05, 3.63) is 120 Å². The van der Waals surface area contributed by atoms with Crippen molar-refractivity contribution in [2.75, 3.05) is 6.61 Å². The quantitative estimate of drug-likeness (QED) is 0.209. The molecule has 0 N–H and O–H groups in total. The molecule has 4 heteroatoms. The minimum absolute atomic E-state index is 0.0411. The molecule has 0 aromatic rings. The first-order valence-corrected chi connectivity index (χ1v) is 9.89. The Morgan fingerprint density at radius 2 is 1.35 bits per heavy atom.